The first-order valence-corrected chi connectivity index (χ1v) is 9.22. The highest BCUT2D eigenvalue weighted by Gasteiger charge is 2.23. The molecule has 0 saturated carbocycles. The van der Waals surface area contributed by atoms with Crippen LogP contribution in [-0.2, 0) is 4.79 Å². The molecule has 0 spiro atoms. The molecular weight excluding hydrogens is 312 g/mol. The topological polar surface area (TPSA) is 53.0 Å². The quantitative estimate of drug-likeness (QED) is 0.734. The molecule has 23 heavy (non-hydrogen) atoms. The van der Waals surface area contributed by atoms with E-state index in [4.69, 9.17) is 9.84 Å². The van der Waals surface area contributed by atoms with Crippen LogP contribution < -0.4 is 4.74 Å². The van der Waals surface area contributed by atoms with E-state index in [0.717, 1.165) is 38.2 Å². The Balaban J connectivity index is 1.65. The van der Waals surface area contributed by atoms with Crippen molar-refractivity contribution >= 4 is 17.7 Å². The molecule has 5 nitrogen and oxygen atoms in total. The van der Waals surface area contributed by atoms with Gasteiger partial charge in [0.25, 0.3) is 0 Å². The van der Waals surface area contributed by atoms with E-state index < -0.39 is 5.97 Å². The number of aliphatic carboxylic acids is 1. The fourth-order valence-electron chi connectivity index (χ4n) is 2.89. The summed E-state index contributed by atoms with van der Waals surface area (Å²) in [5.41, 5.74) is 0. The summed E-state index contributed by atoms with van der Waals surface area (Å²) < 4.78 is 5.80. The second-order valence-electron chi connectivity index (χ2n) is 5.91. The molecule has 0 bridgehead atoms. The summed E-state index contributed by atoms with van der Waals surface area (Å²) >= 11 is 1.73. The second kappa shape index (κ2) is 9.15. The van der Waals surface area contributed by atoms with Crippen LogP contribution in [0.4, 0.5) is 0 Å². The molecule has 2 rings (SSSR count). The van der Waals surface area contributed by atoms with E-state index in [1.165, 1.54) is 4.90 Å². The van der Waals surface area contributed by atoms with Gasteiger partial charge in [0, 0.05) is 17.5 Å². The number of benzene rings is 1. The average Bonchev–Trinajstić information content (AvgIpc) is 2.55. The van der Waals surface area contributed by atoms with Gasteiger partial charge in [-0.1, -0.05) is 0 Å². The zero-order valence-corrected chi connectivity index (χ0v) is 14.7. The Hall–Kier alpha value is -1.24. The van der Waals surface area contributed by atoms with Crippen LogP contribution in [0.15, 0.2) is 29.2 Å². The number of hydrogen-bond acceptors (Lipinski definition) is 5. The Labute approximate surface area is 142 Å². The van der Waals surface area contributed by atoms with E-state index in [1.807, 2.05) is 24.1 Å². The highest BCUT2D eigenvalue weighted by atomic mass is 32.2. The highest BCUT2D eigenvalue weighted by Crippen LogP contribution is 2.19. The predicted octanol–water partition coefficient (Wildman–Crippen LogP) is 2.27. The molecule has 1 aromatic rings. The number of likely N-dealkylation sites (N-methyl/N-ethyl adjacent to an activating group) is 1. The Morgan fingerprint density at radius 1 is 1.35 bits per heavy atom. The summed E-state index contributed by atoms with van der Waals surface area (Å²) in [6.07, 6.45) is 4.10. The van der Waals surface area contributed by atoms with Gasteiger partial charge in [0.05, 0.1) is 6.54 Å². The Morgan fingerprint density at radius 3 is 2.57 bits per heavy atom. The van der Waals surface area contributed by atoms with E-state index in [2.05, 4.69) is 23.3 Å². The number of carbonyl (C=O) groups is 1. The van der Waals surface area contributed by atoms with Crippen molar-refractivity contribution in [2.24, 2.45) is 0 Å². The van der Waals surface area contributed by atoms with Crippen molar-refractivity contribution in [1.82, 2.24) is 9.80 Å². The smallest absolute Gasteiger partial charge is 0.317 e. The van der Waals surface area contributed by atoms with Gasteiger partial charge in [-0.05, 0) is 63.5 Å². The van der Waals surface area contributed by atoms with Crippen molar-refractivity contribution in [3.05, 3.63) is 24.3 Å². The van der Waals surface area contributed by atoms with E-state index in [-0.39, 0.29) is 6.54 Å². The van der Waals surface area contributed by atoms with Crippen molar-refractivity contribution in [1.29, 1.82) is 0 Å². The van der Waals surface area contributed by atoms with Crippen molar-refractivity contribution in [2.75, 3.05) is 46.1 Å². The standard InChI is InChI=1S/C17H26N2O3S/c1-18(13-17(20)21)14-7-9-19(10-8-14)11-12-22-15-3-5-16(23-2)6-4-15/h3-6,14H,7-13H2,1-2H3,(H,20,21). The summed E-state index contributed by atoms with van der Waals surface area (Å²) in [7, 11) is 1.90. The summed E-state index contributed by atoms with van der Waals surface area (Å²) in [6, 6.07) is 8.55. The molecule has 1 aliphatic heterocycles. The van der Waals surface area contributed by atoms with Gasteiger partial charge in [-0.15, -0.1) is 11.8 Å². The lowest BCUT2D eigenvalue weighted by Crippen LogP contribution is -2.45. The lowest BCUT2D eigenvalue weighted by Gasteiger charge is -2.36. The van der Waals surface area contributed by atoms with Crippen molar-refractivity contribution in [2.45, 2.75) is 23.8 Å². The number of carboxylic acid groups (broad SMARTS) is 1. The van der Waals surface area contributed by atoms with Crippen molar-refractivity contribution in [3.63, 3.8) is 0 Å². The molecule has 1 aliphatic rings. The zero-order chi connectivity index (χ0) is 16.7. The first-order valence-electron chi connectivity index (χ1n) is 7.99. The molecule has 1 N–H and O–H groups in total. The molecule has 1 saturated heterocycles. The van der Waals surface area contributed by atoms with Gasteiger partial charge >= 0.3 is 5.97 Å². The lowest BCUT2D eigenvalue weighted by atomic mass is 10.0. The molecule has 0 amide bonds. The largest absolute Gasteiger partial charge is 0.492 e. The minimum Gasteiger partial charge on any atom is -0.492 e. The average molecular weight is 338 g/mol. The summed E-state index contributed by atoms with van der Waals surface area (Å²) in [6.45, 7) is 3.74. The molecule has 0 atom stereocenters. The summed E-state index contributed by atoms with van der Waals surface area (Å²) in [5, 5.41) is 8.85. The Morgan fingerprint density at radius 2 is 2.00 bits per heavy atom. The molecule has 1 fully saturated rings. The molecule has 0 aromatic heterocycles. The number of ether oxygens (including phenoxy) is 1. The third-order valence-electron chi connectivity index (χ3n) is 4.30. The highest BCUT2D eigenvalue weighted by molar-refractivity contribution is 7.98. The minimum atomic E-state index is -0.754. The minimum absolute atomic E-state index is 0.125. The van der Waals surface area contributed by atoms with E-state index in [0.29, 0.717) is 12.6 Å². The van der Waals surface area contributed by atoms with Gasteiger partial charge in [-0.25, -0.2) is 0 Å². The first-order chi connectivity index (χ1) is 11.1. The van der Waals surface area contributed by atoms with Crippen LogP contribution in [0, 0.1) is 0 Å². The van der Waals surface area contributed by atoms with Crippen LogP contribution in [0.25, 0.3) is 0 Å². The number of carboxylic acids is 1. The number of piperidine rings is 1. The Bertz CT molecular complexity index is 487. The number of thioether (sulfide) groups is 1. The lowest BCUT2D eigenvalue weighted by molar-refractivity contribution is -0.138. The number of rotatable bonds is 8. The third kappa shape index (κ3) is 6.05. The van der Waals surface area contributed by atoms with Crippen LogP contribution in [0.5, 0.6) is 5.75 Å². The van der Waals surface area contributed by atoms with Crippen LogP contribution >= 0.6 is 11.8 Å². The Kier molecular flexibility index (Phi) is 7.20. The van der Waals surface area contributed by atoms with Gasteiger partial charge in [0.15, 0.2) is 0 Å². The molecule has 6 heteroatoms. The number of hydrogen-bond donors (Lipinski definition) is 1. The third-order valence-corrected chi connectivity index (χ3v) is 5.04. The van der Waals surface area contributed by atoms with Gasteiger partial charge in [0.2, 0.25) is 0 Å². The number of nitrogens with zero attached hydrogens (tertiary/aromatic N) is 2. The second-order valence-corrected chi connectivity index (χ2v) is 6.79. The van der Waals surface area contributed by atoms with Crippen LogP contribution in [0.1, 0.15) is 12.8 Å². The predicted molar refractivity (Wildman–Crippen MR) is 93.4 cm³/mol. The maximum absolute atomic E-state index is 10.8. The van der Waals surface area contributed by atoms with E-state index in [1.54, 1.807) is 11.8 Å². The first kappa shape index (κ1) is 18.1. The van der Waals surface area contributed by atoms with Crippen molar-refractivity contribution < 1.29 is 14.6 Å². The van der Waals surface area contributed by atoms with Crippen LogP contribution in [0.2, 0.25) is 0 Å². The summed E-state index contributed by atoms with van der Waals surface area (Å²) in [5.74, 6) is 0.162. The van der Waals surface area contributed by atoms with Gasteiger partial charge in [-0.3, -0.25) is 14.6 Å². The fourth-order valence-corrected chi connectivity index (χ4v) is 3.30. The molecular formula is C17H26N2O3S. The molecule has 1 aromatic carbocycles. The van der Waals surface area contributed by atoms with E-state index >= 15 is 0 Å². The van der Waals surface area contributed by atoms with Gasteiger partial charge in [0.1, 0.15) is 12.4 Å². The molecule has 0 unspecified atom stereocenters. The summed E-state index contributed by atoms with van der Waals surface area (Å²) in [4.78, 5) is 16.3. The fraction of sp³-hybridized carbons (Fsp3) is 0.588. The SMILES string of the molecule is CSc1ccc(OCCN2CCC(N(C)CC(=O)O)CC2)cc1. The van der Waals surface area contributed by atoms with Crippen LogP contribution in [0.3, 0.4) is 0 Å². The number of likely N-dealkylation sites (tertiary alicyclic amines) is 1. The monoisotopic (exact) mass is 338 g/mol. The maximum atomic E-state index is 10.8. The van der Waals surface area contributed by atoms with E-state index in [9.17, 15) is 4.79 Å². The molecule has 0 radical (unpaired) electrons. The zero-order valence-electron chi connectivity index (χ0n) is 13.9. The normalized spacial score (nSPS) is 16.7. The molecule has 128 valence electrons. The van der Waals surface area contributed by atoms with Gasteiger partial charge < -0.3 is 9.84 Å². The van der Waals surface area contributed by atoms with Gasteiger partial charge in [-0.2, -0.15) is 0 Å². The maximum Gasteiger partial charge on any atom is 0.317 e. The van der Waals surface area contributed by atoms with Crippen LogP contribution in [-0.4, -0.2) is 73.0 Å². The van der Waals surface area contributed by atoms with Crippen molar-refractivity contribution in [3.8, 4) is 5.75 Å². The molecule has 0 aliphatic carbocycles. The molecule has 1 heterocycles.